The number of hydrogen-bond acceptors (Lipinski definition) is 6. The van der Waals surface area contributed by atoms with Crippen LogP contribution in [-0.4, -0.2) is 27.8 Å². The molecular weight excluding hydrogens is 272 g/mol. The average Bonchev–Trinajstić information content (AvgIpc) is 2.47. The molecule has 2 aromatic heterocycles. The third-order valence-electron chi connectivity index (χ3n) is 2.53. The quantitative estimate of drug-likeness (QED) is 0.649. The number of ether oxygens (including phenoxy) is 1. The summed E-state index contributed by atoms with van der Waals surface area (Å²) in [6.07, 6.45) is 4.67. The van der Waals surface area contributed by atoms with Crippen molar-refractivity contribution in [2.75, 3.05) is 18.1 Å². The first-order chi connectivity index (χ1) is 9.71. The molecule has 20 heavy (non-hydrogen) atoms. The van der Waals surface area contributed by atoms with Crippen LogP contribution in [0, 0.1) is 6.92 Å². The Morgan fingerprint density at radius 2 is 2.15 bits per heavy atom. The fourth-order valence-corrected chi connectivity index (χ4v) is 1.90. The molecule has 2 aromatic rings. The first-order valence-corrected chi connectivity index (χ1v) is 7.71. The lowest BCUT2D eigenvalue weighted by Gasteiger charge is -2.09. The smallest absolute Gasteiger partial charge is 0.225 e. The number of thioether (sulfide) groups is 1. The van der Waals surface area contributed by atoms with Gasteiger partial charge in [0, 0.05) is 18.3 Å². The Morgan fingerprint density at radius 1 is 1.30 bits per heavy atom. The number of aromatic nitrogens is 3. The van der Waals surface area contributed by atoms with E-state index < -0.39 is 0 Å². The highest BCUT2D eigenvalue weighted by Crippen LogP contribution is 2.23. The Balaban J connectivity index is 2.19. The molecule has 2 rings (SSSR count). The number of pyridine rings is 1. The maximum absolute atomic E-state index is 5.73. The molecule has 2 heterocycles. The minimum Gasteiger partial charge on any atom is -0.437 e. The van der Waals surface area contributed by atoms with Crippen LogP contribution < -0.4 is 10.1 Å². The zero-order chi connectivity index (χ0) is 14.4. The van der Waals surface area contributed by atoms with E-state index in [1.54, 1.807) is 12.3 Å². The predicted octanol–water partition coefficient (Wildman–Crippen LogP) is 3.52. The molecule has 106 valence electrons. The van der Waals surface area contributed by atoms with E-state index in [4.69, 9.17) is 4.74 Å². The van der Waals surface area contributed by atoms with E-state index in [1.165, 1.54) is 11.8 Å². The van der Waals surface area contributed by atoms with Crippen molar-refractivity contribution in [3.63, 3.8) is 0 Å². The Bertz CT molecular complexity index is 560. The summed E-state index contributed by atoms with van der Waals surface area (Å²) < 4.78 is 5.73. The van der Waals surface area contributed by atoms with Gasteiger partial charge in [-0.1, -0.05) is 18.7 Å². The molecule has 0 fully saturated rings. The third kappa shape index (κ3) is 4.09. The minimum absolute atomic E-state index is 0.522. The van der Waals surface area contributed by atoms with Gasteiger partial charge in [-0.2, -0.15) is 4.98 Å². The van der Waals surface area contributed by atoms with Crippen LogP contribution in [-0.2, 0) is 0 Å². The van der Waals surface area contributed by atoms with Crippen molar-refractivity contribution >= 4 is 17.6 Å². The predicted molar refractivity (Wildman–Crippen MR) is 81.6 cm³/mol. The van der Waals surface area contributed by atoms with Crippen LogP contribution in [0.15, 0.2) is 29.6 Å². The second-order valence-corrected chi connectivity index (χ2v) is 5.02. The number of rotatable bonds is 6. The first kappa shape index (κ1) is 14.6. The molecule has 0 spiro atoms. The van der Waals surface area contributed by atoms with Gasteiger partial charge in [-0.05, 0) is 31.7 Å². The van der Waals surface area contributed by atoms with Gasteiger partial charge in [0.25, 0.3) is 0 Å². The number of nitrogens with zero attached hydrogens (tertiary/aromatic N) is 3. The van der Waals surface area contributed by atoms with E-state index in [-0.39, 0.29) is 0 Å². The second-order valence-electron chi connectivity index (χ2n) is 4.24. The molecule has 0 atom stereocenters. The number of anilines is 1. The van der Waals surface area contributed by atoms with Crippen molar-refractivity contribution in [3.05, 3.63) is 30.1 Å². The molecule has 0 saturated carbocycles. The van der Waals surface area contributed by atoms with Gasteiger partial charge < -0.3 is 10.1 Å². The van der Waals surface area contributed by atoms with Crippen molar-refractivity contribution in [1.29, 1.82) is 0 Å². The van der Waals surface area contributed by atoms with Crippen molar-refractivity contribution in [2.24, 2.45) is 0 Å². The summed E-state index contributed by atoms with van der Waals surface area (Å²) in [7, 11) is 0. The van der Waals surface area contributed by atoms with Gasteiger partial charge in [-0.15, -0.1) is 0 Å². The summed E-state index contributed by atoms with van der Waals surface area (Å²) in [5.74, 6) is 1.97. The highest BCUT2D eigenvalue weighted by atomic mass is 32.2. The molecule has 5 nitrogen and oxygen atoms in total. The van der Waals surface area contributed by atoms with E-state index in [0.717, 1.165) is 24.5 Å². The van der Waals surface area contributed by atoms with Gasteiger partial charge in [0.05, 0.1) is 6.20 Å². The summed E-state index contributed by atoms with van der Waals surface area (Å²) in [6, 6.07) is 5.58. The fraction of sp³-hybridized carbons (Fsp3) is 0.357. The van der Waals surface area contributed by atoms with Gasteiger partial charge in [0.15, 0.2) is 5.16 Å². The van der Waals surface area contributed by atoms with Crippen LogP contribution >= 0.6 is 11.8 Å². The van der Waals surface area contributed by atoms with Gasteiger partial charge in [-0.3, -0.25) is 4.98 Å². The van der Waals surface area contributed by atoms with Gasteiger partial charge in [-0.25, -0.2) is 4.98 Å². The SMILES string of the molecule is CCCNc1cc(Oc2ccc(C)nc2)nc(SC)n1. The molecule has 0 aliphatic carbocycles. The van der Waals surface area contributed by atoms with E-state index in [9.17, 15) is 0 Å². The van der Waals surface area contributed by atoms with Crippen molar-refractivity contribution in [1.82, 2.24) is 15.0 Å². The van der Waals surface area contributed by atoms with Gasteiger partial charge >= 0.3 is 0 Å². The molecule has 0 bridgehead atoms. The summed E-state index contributed by atoms with van der Waals surface area (Å²) in [4.78, 5) is 12.9. The zero-order valence-electron chi connectivity index (χ0n) is 11.9. The number of aryl methyl sites for hydroxylation is 1. The summed E-state index contributed by atoms with van der Waals surface area (Å²) in [6.45, 7) is 4.92. The molecular formula is C14H18N4OS. The molecule has 0 amide bonds. The summed E-state index contributed by atoms with van der Waals surface area (Å²) in [5.41, 5.74) is 0.954. The maximum atomic E-state index is 5.73. The van der Waals surface area contributed by atoms with E-state index in [2.05, 4.69) is 27.2 Å². The molecule has 0 aliphatic heterocycles. The minimum atomic E-state index is 0.522. The molecule has 0 aromatic carbocycles. The van der Waals surface area contributed by atoms with E-state index in [0.29, 0.717) is 16.8 Å². The standard InChI is InChI=1S/C14H18N4OS/c1-4-7-15-12-8-13(18-14(17-12)20-3)19-11-6-5-10(2)16-9-11/h5-6,8-9H,4,7H2,1-3H3,(H,15,17,18). The molecule has 0 aliphatic rings. The van der Waals surface area contributed by atoms with E-state index in [1.807, 2.05) is 25.3 Å². The number of hydrogen-bond donors (Lipinski definition) is 1. The largest absolute Gasteiger partial charge is 0.437 e. The van der Waals surface area contributed by atoms with Crippen molar-refractivity contribution in [3.8, 4) is 11.6 Å². The normalized spacial score (nSPS) is 10.3. The molecule has 6 heteroatoms. The Labute approximate surface area is 123 Å². The number of nitrogens with one attached hydrogen (secondary N) is 1. The van der Waals surface area contributed by atoms with Crippen LogP contribution in [0.4, 0.5) is 5.82 Å². The van der Waals surface area contributed by atoms with Crippen LogP contribution in [0.3, 0.4) is 0 Å². The lowest BCUT2D eigenvalue weighted by atomic mass is 10.4. The first-order valence-electron chi connectivity index (χ1n) is 6.48. The zero-order valence-corrected chi connectivity index (χ0v) is 12.7. The Morgan fingerprint density at radius 3 is 2.80 bits per heavy atom. The lowest BCUT2D eigenvalue weighted by molar-refractivity contribution is 0.453. The maximum Gasteiger partial charge on any atom is 0.225 e. The van der Waals surface area contributed by atoms with Gasteiger partial charge in [0.1, 0.15) is 11.6 Å². The molecule has 0 saturated heterocycles. The van der Waals surface area contributed by atoms with Crippen LogP contribution in [0.25, 0.3) is 0 Å². The highest BCUT2D eigenvalue weighted by molar-refractivity contribution is 7.98. The average molecular weight is 290 g/mol. The van der Waals surface area contributed by atoms with Crippen LogP contribution in [0.2, 0.25) is 0 Å². The van der Waals surface area contributed by atoms with Crippen molar-refractivity contribution < 1.29 is 4.74 Å². The van der Waals surface area contributed by atoms with Crippen molar-refractivity contribution in [2.45, 2.75) is 25.4 Å². The fourth-order valence-electron chi connectivity index (χ4n) is 1.53. The monoisotopic (exact) mass is 290 g/mol. The highest BCUT2D eigenvalue weighted by Gasteiger charge is 2.06. The lowest BCUT2D eigenvalue weighted by Crippen LogP contribution is -2.04. The molecule has 1 N–H and O–H groups in total. The molecule has 0 radical (unpaired) electrons. The summed E-state index contributed by atoms with van der Waals surface area (Å²) >= 11 is 1.49. The second kappa shape index (κ2) is 7.09. The Kier molecular flexibility index (Phi) is 5.17. The summed E-state index contributed by atoms with van der Waals surface area (Å²) in [5, 5.41) is 3.93. The Hall–Kier alpha value is -1.82. The van der Waals surface area contributed by atoms with E-state index >= 15 is 0 Å². The third-order valence-corrected chi connectivity index (χ3v) is 3.08. The van der Waals surface area contributed by atoms with Crippen LogP contribution in [0.5, 0.6) is 11.6 Å². The molecule has 0 unspecified atom stereocenters. The van der Waals surface area contributed by atoms with Crippen LogP contribution in [0.1, 0.15) is 19.0 Å². The topological polar surface area (TPSA) is 59.9 Å². The van der Waals surface area contributed by atoms with Gasteiger partial charge in [0.2, 0.25) is 5.88 Å².